The van der Waals surface area contributed by atoms with Gasteiger partial charge in [0, 0.05) is 11.1 Å². The van der Waals surface area contributed by atoms with Crippen molar-refractivity contribution in [2.45, 2.75) is 13.8 Å². The van der Waals surface area contributed by atoms with E-state index < -0.39 is 11.8 Å². The highest BCUT2D eigenvalue weighted by molar-refractivity contribution is 6.17. The Morgan fingerprint density at radius 1 is 0.839 bits per heavy atom. The van der Waals surface area contributed by atoms with Crippen LogP contribution in [0.15, 0.2) is 71.1 Å². The molecular formula is C25H22N2O4. The van der Waals surface area contributed by atoms with E-state index in [4.69, 9.17) is 9.15 Å². The van der Waals surface area contributed by atoms with E-state index in [2.05, 4.69) is 10.6 Å². The fraction of sp³-hybridized carbons (Fsp3) is 0.120. The Morgan fingerprint density at radius 2 is 1.58 bits per heavy atom. The van der Waals surface area contributed by atoms with Crippen molar-refractivity contribution in [3.8, 4) is 5.75 Å². The molecule has 2 N–H and O–H groups in total. The van der Waals surface area contributed by atoms with Gasteiger partial charge in [0.05, 0.1) is 12.7 Å². The first-order valence-electron chi connectivity index (χ1n) is 9.82. The number of rotatable bonds is 5. The van der Waals surface area contributed by atoms with Crippen molar-refractivity contribution >= 4 is 34.2 Å². The summed E-state index contributed by atoms with van der Waals surface area (Å²) in [7, 11) is 1.50. The number of ether oxygens (including phenoxy) is 1. The summed E-state index contributed by atoms with van der Waals surface area (Å²) in [5.74, 6) is -0.379. The first kappa shape index (κ1) is 20.2. The summed E-state index contributed by atoms with van der Waals surface area (Å²) >= 11 is 0. The van der Waals surface area contributed by atoms with E-state index in [0.29, 0.717) is 33.7 Å². The summed E-state index contributed by atoms with van der Waals surface area (Å²) in [5.41, 5.74) is 4.01. The highest BCUT2D eigenvalue weighted by Gasteiger charge is 2.24. The van der Waals surface area contributed by atoms with Gasteiger partial charge in [-0.3, -0.25) is 9.59 Å². The molecule has 6 heteroatoms. The van der Waals surface area contributed by atoms with Gasteiger partial charge in [0.15, 0.2) is 0 Å². The zero-order valence-corrected chi connectivity index (χ0v) is 17.5. The summed E-state index contributed by atoms with van der Waals surface area (Å²) in [6.07, 6.45) is 0. The van der Waals surface area contributed by atoms with E-state index in [1.54, 1.807) is 36.4 Å². The standard InChI is InChI=1S/C25H22N2O4/c1-15-12-13-17(14-16(15)2)26-25(29)23-22(18-8-4-7-11-21(18)31-23)27-24(28)19-9-5-6-10-20(19)30-3/h4-14H,1-3H3,(H,26,29)(H,27,28). The van der Waals surface area contributed by atoms with Crippen LogP contribution in [0.3, 0.4) is 0 Å². The third kappa shape index (κ3) is 4.00. The molecule has 3 aromatic carbocycles. The van der Waals surface area contributed by atoms with Crippen LogP contribution in [0.2, 0.25) is 0 Å². The summed E-state index contributed by atoms with van der Waals surface area (Å²) in [6, 6.07) is 19.7. The molecular weight excluding hydrogens is 392 g/mol. The first-order valence-corrected chi connectivity index (χ1v) is 9.82. The highest BCUT2D eigenvalue weighted by atomic mass is 16.5. The summed E-state index contributed by atoms with van der Waals surface area (Å²) in [4.78, 5) is 26.0. The SMILES string of the molecule is COc1ccccc1C(=O)Nc1c(C(=O)Nc2ccc(C)c(C)c2)oc2ccccc12. The number of nitrogens with one attached hydrogen (secondary N) is 2. The molecule has 4 rings (SSSR count). The molecule has 0 aliphatic rings. The fourth-order valence-electron chi connectivity index (χ4n) is 3.35. The van der Waals surface area contributed by atoms with Crippen LogP contribution in [-0.2, 0) is 0 Å². The predicted molar refractivity (Wildman–Crippen MR) is 121 cm³/mol. The van der Waals surface area contributed by atoms with E-state index in [0.717, 1.165) is 11.1 Å². The normalized spacial score (nSPS) is 10.7. The van der Waals surface area contributed by atoms with Crippen molar-refractivity contribution in [1.82, 2.24) is 0 Å². The van der Waals surface area contributed by atoms with Gasteiger partial charge in [0.2, 0.25) is 5.76 Å². The van der Waals surface area contributed by atoms with Gasteiger partial charge in [0.25, 0.3) is 11.8 Å². The van der Waals surface area contributed by atoms with Gasteiger partial charge in [-0.2, -0.15) is 0 Å². The summed E-state index contributed by atoms with van der Waals surface area (Å²) < 4.78 is 11.1. The molecule has 0 bridgehead atoms. The highest BCUT2D eigenvalue weighted by Crippen LogP contribution is 2.32. The molecule has 6 nitrogen and oxygen atoms in total. The van der Waals surface area contributed by atoms with Gasteiger partial charge >= 0.3 is 0 Å². The number of benzene rings is 3. The molecule has 2 amide bonds. The van der Waals surface area contributed by atoms with Crippen LogP contribution in [0.25, 0.3) is 11.0 Å². The molecule has 156 valence electrons. The number of fused-ring (bicyclic) bond motifs is 1. The van der Waals surface area contributed by atoms with E-state index in [9.17, 15) is 9.59 Å². The van der Waals surface area contributed by atoms with Crippen molar-refractivity contribution in [1.29, 1.82) is 0 Å². The maximum absolute atomic E-state index is 13.1. The topological polar surface area (TPSA) is 80.6 Å². The molecule has 4 aromatic rings. The second-order valence-electron chi connectivity index (χ2n) is 7.21. The number of furan rings is 1. The van der Waals surface area contributed by atoms with Crippen molar-refractivity contribution in [2.75, 3.05) is 17.7 Å². The zero-order valence-electron chi connectivity index (χ0n) is 17.5. The van der Waals surface area contributed by atoms with Crippen LogP contribution in [0.1, 0.15) is 32.0 Å². The number of anilines is 2. The summed E-state index contributed by atoms with van der Waals surface area (Å²) in [6.45, 7) is 3.98. The lowest BCUT2D eigenvalue weighted by molar-refractivity contribution is 0.0999. The Kier molecular flexibility index (Phi) is 5.45. The fourth-order valence-corrected chi connectivity index (χ4v) is 3.35. The van der Waals surface area contributed by atoms with Crippen molar-refractivity contribution < 1.29 is 18.7 Å². The van der Waals surface area contributed by atoms with Crippen LogP contribution in [-0.4, -0.2) is 18.9 Å². The first-order chi connectivity index (χ1) is 15.0. The lowest BCUT2D eigenvalue weighted by Gasteiger charge is -2.10. The predicted octanol–water partition coefficient (Wildman–Crippen LogP) is 5.56. The second kappa shape index (κ2) is 8.36. The van der Waals surface area contributed by atoms with Crippen LogP contribution in [0, 0.1) is 13.8 Å². The van der Waals surface area contributed by atoms with Gasteiger partial charge in [-0.1, -0.05) is 30.3 Å². The number of amides is 2. The smallest absolute Gasteiger partial charge is 0.293 e. The molecule has 0 aliphatic carbocycles. The average molecular weight is 414 g/mol. The maximum atomic E-state index is 13.1. The molecule has 0 aliphatic heterocycles. The Bertz CT molecular complexity index is 1290. The van der Waals surface area contributed by atoms with E-state index in [1.165, 1.54) is 7.11 Å². The zero-order chi connectivity index (χ0) is 22.0. The minimum atomic E-state index is -0.449. The molecule has 1 aromatic heterocycles. The third-order valence-electron chi connectivity index (χ3n) is 5.16. The number of carbonyl (C=O) groups excluding carboxylic acids is 2. The van der Waals surface area contributed by atoms with E-state index in [-0.39, 0.29) is 5.76 Å². The Labute approximate surface area is 179 Å². The minimum absolute atomic E-state index is 0.0303. The molecule has 0 saturated heterocycles. The maximum Gasteiger partial charge on any atom is 0.293 e. The largest absolute Gasteiger partial charge is 0.496 e. The molecule has 0 fully saturated rings. The number of hydrogen-bond donors (Lipinski definition) is 2. The third-order valence-corrected chi connectivity index (χ3v) is 5.16. The van der Waals surface area contributed by atoms with Crippen molar-refractivity contribution in [3.05, 3.63) is 89.2 Å². The number of hydrogen-bond acceptors (Lipinski definition) is 4. The average Bonchev–Trinajstić information content (AvgIpc) is 3.15. The molecule has 31 heavy (non-hydrogen) atoms. The van der Waals surface area contributed by atoms with Crippen molar-refractivity contribution in [3.63, 3.8) is 0 Å². The van der Waals surface area contributed by atoms with Gasteiger partial charge in [-0.15, -0.1) is 0 Å². The Morgan fingerprint density at radius 3 is 2.35 bits per heavy atom. The van der Waals surface area contributed by atoms with Gasteiger partial charge in [-0.25, -0.2) is 0 Å². The van der Waals surface area contributed by atoms with Gasteiger partial charge in [0.1, 0.15) is 17.0 Å². The van der Waals surface area contributed by atoms with Crippen LogP contribution in [0.4, 0.5) is 11.4 Å². The molecule has 0 unspecified atom stereocenters. The lowest BCUT2D eigenvalue weighted by atomic mass is 10.1. The quantitative estimate of drug-likeness (QED) is 0.448. The molecule has 0 radical (unpaired) electrons. The molecule has 0 atom stereocenters. The Hall–Kier alpha value is -4.06. The number of para-hydroxylation sites is 2. The van der Waals surface area contributed by atoms with E-state index in [1.807, 2.05) is 44.2 Å². The molecule has 1 heterocycles. The van der Waals surface area contributed by atoms with Crippen molar-refractivity contribution in [2.24, 2.45) is 0 Å². The summed E-state index contributed by atoms with van der Waals surface area (Å²) in [5, 5.41) is 6.33. The minimum Gasteiger partial charge on any atom is -0.496 e. The molecule has 0 saturated carbocycles. The lowest BCUT2D eigenvalue weighted by Crippen LogP contribution is -2.17. The second-order valence-corrected chi connectivity index (χ2v) is 7.21. The number of aryl methyl sites for hydroxylation is 2. The number of carbonyl (C=O) groups is 2. The van der Waals surface area contributed by atoms with Crippen LogP contribution < -0.4 is 15.4 Å². The van der Waals surface area contributed by atoms with Gasteiger partial charge < -0.3 is 19.8 Å². The monoisotopic (exact) mass is 414 g/mol. The van der Waals surface area contributed by atoms with Crippen LogP contribution in [0.5, 0.6) is 5.75 Å². The van der Waals surface area contributed by atoms with Gasteiger partial charge in [-0.05, 0) is 61.4 Å². The van der Waals surface area contributed by atoms with E-state index >= 15 is 0 Å². The Balaban J connectivity index is 1.71. The number of methoxy groups -OCH3 is 1. The molecule has 0 spiro atoms. The van der Waals surface area contributed by atoms with Crippen LogP contribution >= 0.6 is 0 Å².